The van der Waals surface area contributed by atoms with Gasteiger partial charge in [0, 0.05) is 5.33 Å². The second-order valence-electron chi connectivity index (χ2n) is 3.71. The molecular weight excluding hydrogens is 288 g/mol. The van der Waals surface area contributed by atoms with Gasteiger partial charge in [0.05, 0.1) is 10.6 Å². The van der Waals surface area contributed by atoms with Gasteiger partial charge in [0.15, 0.2) is 9.84 Å². The van der Waals surface area contributed by atoms with Gasteiger partial charge in [0.25, 0.3) is 0 Å². The Morgan fingerprint density at radius 1 is 1.12 bits per heavy atom. The molecule has 0 heterocycles. The summed E-state index contributed by atoms with van der Waals surface area (Å²) in [6, 6.07) is 7.19. The Hall–Kier alpha value is -0.350. The molecule has 0 fully saturated rings. The lowest BCUT2D eigenvalue weighted by molar-refractivity contribution is 0.593. The molecule has 0 unspecified atom stereocenters. The number of sulfone groups is 1. The number of halogens is 1. The van der Waals surface area contributed by atoms with Gasteiger partial charge in [-0.25, -0.2) is 8.42 Å². The second kappa shape index (κ2) is 6.40. The molecule has 0 saturated heterocycles. The third kappa shape index (κ3) is 3.91. The van der Waals surface area contributed by atoms with Crippen molar-refractivity contribution in [2.24, 2.45) is 0 Å². The minimum atomic E-state index is -3.08. The summed E-state index contributed by atoms with van der Waals surface area (Å²) in [7, 11) is -3.08. The molecule has 1 aromatic carbocycles. The molecule has 90 valence electrons. The van der Waals surface area contributed by atoms with Crippen LogP contribution in [0.15, 0.2) is 29.2 Å². The summed E-state index contributed by atoms with van der Waals surface area (Å²) in [6.07, 6.45) is 2.54. The molecule has 0 spiro atoms. The second-order valence-corrected chi connectivity index (χ2v) is 6.61. The van der Waals surface area contributed by atoms with Crippen LogP contribution in [0.25, 0.3) is 0 Å². The van der Waals surface area contributed by atoms with Crippen LogP contribution in [-0.2, 0) is 16.3 Å². The van der Waals surface area contributed by atoms with Crippen LogP contribution >= 0.6 is 15.9 Å². The highest BCUT2D eigenvalue weighted by atomic mass is 79.9. The zero-order valence-corrected chi connectivity index (χ0v) is 11.9. The molecule has 4 heteroatoms. The molecule has 1 rings (SSSR count). The van der Waals surface area contributed by atoms with Gasteiger partial charge in [-0.3, -0.25) is 0 Å². The number of alkyl halides is 1. The van der Waals surface area contributed by atoms with Crippen LogP contribution < -0.4 is 0 Å². The first-order chi connectivity index (χ1) is 7.60. The Morgan fingerprint density at radius 2 is 1.75 bits per heavy atom. The van der Waals surface area contributed by atoms with E-state index in [1.165, 1.54) is 5.56 Å². The summed E-state index contributed by atoms with van der Waals surface area (Å²) in [6.45, 7) is 2.06. The van der Waals surface area contributed by atoms with E-state index in [-0.39, 0.29) is 5.75 Å². The maximum absolute atomic E-state index is 11.9. The molecule has 0 aliphatic rings. The highest BCUT2D eigenvalue weighted by Crippen LogP contribution is 2.14. The highest BCUT2D eigenvalue weighted by Gasteiger charge is 2.13. The van der Waals surface area contributed by atoms with Crippen molar-refractivity contribution in [1.29, 1.82) is 0 Å². The van der Waals surface area contributed by atoms with Crippen LogP contribution in [0.4, 0.5) is 0 Å². The average molecular weight is 305 g/mol. The van der Waals surface area contributed by atoms with Crippen molar-refractivity contribution in [2.75, 3.05) is 11.1 Å². The molecule has 0 bridgehead atoms. The van der Waals surface area contributed by atoms with Gasteiger partial charge in [0.2, 0.25) is 0 Å². The topological polar surface area (TPSA) is 34.1 Å². The maximum atomic E-state index is 11.9. The molecule has 0 aliphatic carbocycles. The molecule has 0 amide bonds. The minimum absolute atomic E-state index is 0.240. The summed E-state index contributed by atoms with van der Waals surface area (Å²) in [5.41, 5.74) is 1.17. The van der Waals surface area contributed by atoms with E-state index in [9.17, 15) is 8.42 Å². The lowest BCUT2D eigenvalue weighted by Crippen LogP contribution is -2.07. The molecule has 0 saturated carbocycles. The van der Waals surface area contributed by atoms with Crippen molar-refractivity contribution < 1.29 is 8.42 Å². The van der Waals surface area contributed by atoms with Crippen molar-refractivity contribution in [2.45, 2.75) is 31.1 Å². The van der Waals surface area contributed by atoms with E-state index in [1.54, 1.807) is 12.1 Å². The van der Waals surface area contributed by atoms with Crippen LogP contribution in [0.1, 0.15) is 25.3 Å². The molecule has 1 aromatic rings. The summed E-state index contributed by atoms with van der Waals surface area (Å²) < 4.78 is 23.8. The monoisotopic (exact) mass is 304 g/mol. The van der Waals surface area contributed by atoms with Gasteiger partial charge < -0.3 is 0 Å². The molecule has 0 atom stereocenters. The largest absolute Gasteiger partial charge is 0.224 e. The van der Waals surface area contributed by atoms with Gasteiger partial charge in [0.1, 0.15) is 0 Å². The fraction of sp³-hybridized carbons (Fsp3) is 0.500. The third-order valence-corrected chi connectivity index (χ3v) is 4.86. The van der Waals surface area contributed by atoms with E-state index in [0.29, 0.717) is 11.3 Å². The number of benzene rings is 1. The number of aryl methyl sites for hydroxylation is 1. The van der Waals surface area contributed by atoms with E-state index in [0.717, 1.165) is 18.2 Å². The fourth-order valence-electron chi connectivity index (χ4n) is 1.44. The van der Waals surface area contributed by atoms with Gasteiger partial charge in [-0.2, -0.15) is 0 Å². The Labute approximate surface area is 106 Å². The number of rotatable bonds is 6. The predicted octanol–water partition coefficient (Wildman–Crippen LogP) is 3.20. The lowest BCUT2D eigenvalue weighted by atomic mass is 10.2. The highest BCUT2D eigenvalue weighted by molar-refractivity contribution is 9.09. The van der Waals surface area contributed by atoms with Crippen LogP contribution in [0.3, 0.4) is 0 Å². The van der Waals surface area contributed by atoms with Crippen molar-refractivity contribution in [1.82, 2.24) is 0 Å². The molecule has 0 N–H and O–H groups in total. The minimum Gasteiger partial charge on any atom is -0.224 e. The van der Waals surface area contributed by atoms with E-state index in [4.69, 9.17) is 0 Å². The van der Waals surface area contributed by atoms with E-state index in [2.05, 4.69) is 22.9 Å². The number of hydrogen-bond acceptors (Lipinski definition) is 2. The van der Waals surface area contributed by atoms with E-state index in [1.807, 2.05) is 12.1 Å². The summed E-state index contributed by atoms with van der Waals surface area (Å²) >= 11 is 3.30. The number of hydrogen-bond donors (Lipinski definition) is 0. The van der Waals surface area contributed by atoms with Crippen LogP contribution in [0, 0.1) is 0 Å². The normalized spacial score (nSPS) is 11.6. The molecule has 0 aliphatic heterocycles. The number of unbranched alkanes of at least 4 members (excludes halogenated alkanes) is 1. The first-order valence-corrected chi connectivity index (χ1v) is 8.25. The summed E-state index contributed by atoms with van der Waals surface area (Å²) in [5, 5.41) is 0.858. The summed E-state index contributed by atoms with van der Waals surface area (Å²) in [5.74, 6) is 0.240. The quantitative estimate of drug-likeness (QED) is 0.597. The predicted molar refractivity (Wildman–Crippen MR) is 70.9 cm³/mol. The Morgan fingerprint density at radius 3 is 2.25 bits per heavy atom. The zero-order valence-electron chi connectivity index (χ0n) is 9.45. The molecule has 0 radical (unpaired) electrons. The van der Waals surface area contributed by atoms with Crippen molar-refractivity contribution >= 4 is 25.8 Å². The van der Waals surface area contributed by atoms with Gasteiger partial charge in [-0.1, -0.05) is 35.0 Å². The SMILES string of the molecule is CCc1ccc(S(=O)(=O)CCCCBr)cc1. The van der Waals surface area contributed by atoms with Gasteiger partial charge in [-0.05, 0) is 37.0 Å². The first-order valence-electron chi connectivity index (χ1n) is 5.48. The molecule has 16 heavy (non-hydrogen) atoms. The van der Waals surface area contributed by atoms with E-state index < -0.39 is 9.84 Å². The standard InChI is InChI=1S/C12H17BrO2S/c1-2-11-5-7-12(8-6-11)16(14,15)10-4-3-9-13/h5-8H,2-4,9-10H2,1H3. The van der Waals surface area contributed by atoms with E-state index >= 15 is 0 Å². The van der Waals surface area contributed by atoms with Gasteiger partial charge in [-0.15, -0.1) is 0 Å². The average Bonchev–Trinajstić information content (AvgIpc) is 2.29. The Kier molecular flexibility index (Phi) is 5.49. The maximum Gasteiger partial charge on any atom is 0.178 e. The third-order valence-electron chi connectivity index (χ3n) is 2.49. The van der Waals surface area contributed by atoms with Crippen LogP contribution in [-0.4, -0.2) is 19.5 Å². The lowest BCUT2D eigenvalue weighted by Gasteiger charge is -2.04. The fourth-order valence-corrected chi connectivity index (χ4v) is 3.20. The van der Waals surface area contributed by atoms with Gasteiger partial charge >= 0.3 is 0 Å². The van der Waals surface area contributed by atoms with Crippen LogP contribution in [0.2, 0.25) is 0 Å². The van der Waals surface area contributed by atoms with Crippen molar-refractivity contribution in [3.63, 3.8) is 0 Å². The molecular formula is C12H17BrO2S. The summed E-state index contributed by atoms with van der Waals surface area (Å²) in [4.78, 5) is 0.444. The Bertz CT molecular complexity index is 409. The Balaban J connectivity index is 2.74. The van der Waals surface area contributed by atoms with Crippen LogP contribution in [0.5, 0.6) is 0 Å². The van der Waals surface area contributed by atoms with Crippen molar-refractivity contribution in [3.05, 3.63) is 29.8 Å². The van der Waals surface area contributed by atoms with Crippen molar-refractivity contribution in [3.8, 4) is 0 Å². The first kappa shape index (κ1) is 13.7. The zero-order chi connectivity index (χ0) is 12.0. The smallest absolute Gasteiger partial charge is 0.178 e. The molecule has 2 nitrogen and oxygen atoms in total. The molecule has 0 aromatic heterocycles.